The predicted molar refractivity (Wildman–Crippen MR) is 103 cm³/mol. The van der Waals surface area contributed by atoms with Crippen LogP contribution in [0.4, 0.5) is 0 Å². The van der Waals surface area contributed by atoms with Crippen molar-refractivity contribution in [3.8, 4) is 0 Å². The van der Waals surface area contributed by atoms with Crippen LogP contribution in [0.2, 0.25) is 0 Å². The van der Waals surface area contributed by atoms with Crippen LogP contribution in [0.15, 0.2) is 0 Å². The van der Waals surface area contributed by atoms with Crippen molar-refractivity contribution in [3.05, 3.63) is 6.92 Å². The second-order valence-electron chi connectivity index (χ2n) is 6.98. The highest BCUT2D eigenvalue weighted by atomic mass is 17.2. The van der Waals surface area contributed by atoms with E-state index < -0.39 is 0 Å². The van der Waals surface area contributed by atoms with Crippen LogP contribution in [0.5, 0.6) is 0 Å². The summed E-state index contributed by atoms with van der Waals surface area (Å²) in [4.78, 5) is 32.4. The summed E-state index contributed by atoms with van der Waals surface area (Å²) in [5, 5.41) is 5.51. The minimum atomic E-state index is -0.0868. The molecule has 0 aliphatic heterocycles. The minimum Gasteiger partial charge on any atom is -0.359 e. The maximum Gasteiger partial charge on any atom is 0.225 e. The zero-order valence-corrected chi connectivity index (χ0v) is 16.9. The lowest BCUT2D eigenvalue weighted by Gasteiger charge is -2.17. The molecule has 2 N–H and O–H groups in total. The third kappa shape index (κ3) is 12.4. The number of unbranched alkanes of at least 4 members (excludes halogenated alkanes) is 7. The van der Waals surface area contributed by atoms with Gasteiger partial charge in [-0.25, -0.2) is 19.6 Å². The fraction of sp³-hybridized carbons (Fsp3) is 0.900. The Bertz CT molecular complexity index is 357. The van der Waals surface area contributed by atoms with Gasteiger partial charge in [0.1, 0.15) is 12.8 Å². The SMILES string of the molecule is [CH]CNCOOCCCCCCCCCCOOC1CCCC1C(=O)NC. The molecule has 0 spiro atoms. The third-order valence-corrected chi connectivity index (χ3v) is 4.82. The smallest absolute Gasteiger partial charge is 0.225 e. The molecule has 7 nitrogen and oxygen atoms in total. The van der Waals surface area contributed by atoms with E-state index in [0.717, 1.165) is 38.5 Å². The number of amides is 1. The highest BCUT2D eigenvalue weighted by molar-refractivity contribution is 5.79. The molecule has 0 heterocycles. The van der Waals surface area contributed by atoms with Gasteiger partial charge in [-0.3, -0.25) is 10.1 Å². The Labute approximate surface area is 164 Å². The lowest BCUT2D eigenvalue weighted by molar-refractivity contribution is -0.328. The molecule has 0 bridgehead atoms. The first kappa shape index (κ1) is 24.3. The van der Waals surface area contributed by atoms with Crippen molar-refractivity contribution < 1.29 is 24.3 Å². The van der Waals surface area contributed by atoms with Crippen molar-refractivity contribution in [1.82, 2.24) is 10.6 Å². The fourth-order valence-electron chi connectivity index (χ4n) is 3.25. The normalized spacial score (nSPS) is 19.5. The van der Waals surface area contributed by atoms with Crippen LogP contribution in [-0.4, -0.2) is 45.5 Å². The van der Waals surface area contributed by atoms with Gasteiger partial charge in [0.2, 0.25) is 5.91 Å². The number of carbonyl (C=O) groups excluding carboxylic acids is 1. The molecule has 1 saturated carbocycles. The summed E-state index contributed by atoms with van der Waals surface area (Å²) in [6.07, 6.45) is 12.0. The van der Waals surface area contributed by atoms with Crippen molar-refractivity contribution >= 4 is 5.91 Å². The van der Waals surface area contributed by atoms with Gasteiger partial charge >= 0.3 is 0 Å². The van der Waals surface area contributed by atoms with Gasteiger partial charge < -0.3 is 5.32 Å². The molecular weight excluding hydrogens is 348 g/mol. The Morgan fingerprint density at radius 2 is 1.56 bits per heavy atom. The summed E-state index contributed by atoms with van der Waals surface area (Å²) in [6, 6.07) is 0. The van der Waals surface area contributed by atoms with Crippen molar-refractivity contribution in [3.63, 3.8) is 0 Å². The lowest BCUT2D eigenvalue weighted by Crippen LogP contribution is -2.33. The summed E-state index contributed by atoms with van der Waals surface area (Å²) < 4.78 is 0. The van der Waals surface area contributed by atoms with Crippen LogP contribution in [0.25, 0.3) is 0 Å². The van der Waals surface area contributed by atoms with E-state index in [9.17, 15) is 4.79 Å². The summed E-state index contributed by atoms with van der Waals surface area (Å²) in [6.45, 7) is 7.21. The van der Waals surface area contributed by atoms with E-state index >= 15 is 0 Å². The van der Waals surface area contributed by atoms with E-state index in [4.69, 9.17) is 26.5 Å². The Morgan fingerprint density at radius 1 is 0.926 bits per heavy atom. The van der Waals surface area contributed by atoms with E-state index in [1.807, 2.05) is 0 Å². The van der Waals surface area contributed by atoms with Crippen molar-refractivity contribution in [2.45, 2.75) is 76.7 Å². The fourth-order valence-corrected chi connectivity index (χ4v) is 3.25. The van der Waals surface area contributed by atoms with E-state index in [2.05, 4.69) is 10.6 Å². The summed E-state index contributed by atoms with van der Waals surface area (Å²) >= 11 is 0. The molecule has 7 heteroatoms. The Hall–Kier alpha value is -0.730. The molecule has 158 valence electrons. The van der Waals surface area contributed by atoms with Gasteiger partial charge in [-0.15, -0.1) is 0 Å². The van der Waals surface area contributed by atoms with Gasteiger partial charge in [0, 0.05) is 13.6 Å². The zero-order valence-electron chi connectivity index (χ0n) is 16.9. The predicted octanol–water partition coefficient (Wildman–Crippen LogP) is 3.18. The molecule has 1 aliphatic carbocycles. The average molecular weight is 387 g/mol. The van der Waals surface area contributed by atoms with E-state index in [1.165, 1.54) is 32.1 Å². The first-order chi connectivity index (χ1) is 13.3. The molecule has 0 aromatic carbocycles. The molecule has 0 aromatic rings. The molecule has 0 saturated heterocycles. The highest BCUT2D eigenvalue weighted by Crippen LogP contribution is 2.28. The van der Waals surface area contributed by atoms with Crippen LogP contribution >= 0.6 is 0 Å². The number of nitrogens with one attached hydrogen (secondary N) is 2. The molecule has 2 atom stereocenters. The molecule has 2 unspecified atom stereocenters. The molecule has 1 fully saturated rings. The van der Waals surface area contributed by atoms with Gasteiger partial charge in [0.05, 0.1) is 19.1 Å². The Kier molecular flexibility index (Phi) is 15.6. The van der Waals surface area contributed by atoms with Crippen molar-refractivity contribution in [2.24, 2.45) is 5.92 Å². The molecular formula is C20H38N2O5. The van der Waals surface area contributed by atoms with E-state index in [0.29, 0.717) is 26.5 Å². The number of carbonyl (C=O) groups is 1. The van der Waals surface area contributed by atoms with Crippen molar-refractivity contribution in [1.29, 1.82) is 0 Å². The summed E-state index contributed by atoms with van der Waals surface area (Å²) in [5.74, 6) is -0.00152. The minimum absolute atomic E-state index is 0.0591. The van der Waals surface area contributed by atoms with Crippen LogP contribution in [-0.2, 0) is 24.3 Å². The largest absolute Gasteiger partial charge is 0.359 e. The lowest BCUT2D eigenvalue weighted by atomic mass is 10.1. The Morgan fingerprint density at radius 3 is 2.19 bits per heavy atom. The molecule has 0 aromatic heterocycles. The summed E-state index contributed by atoms with van der Waals surface area (Å²) in [7, 11) is 1.67. The second kappa shape index (κ2) is 17.4. The monoisotopic (exact) mass is 386 g/mol. The maximum absolute atomic E-state index is 11.7. The van der Waals surface area contributed by atoms with Gasteiger partial charge in [-0.05, 0) is 39.0 Å². The molecule has 1 amide bonds. The first-order valence-electron chi connectivity index (χ1n) is 10.4. The van der Waals surface area contributed by atoms with E-state index in [1.54, 1.807) is 7.05 Å². The molecule has 27 heavy (non-hydrogen) atoms. The number of hydrogen-bond donors (Lipinski definition) is 2. The average Bonchev–Trinajstić information content (AvgIpc) is 3.15. The third-order valence-electron chi connectivity index (χ3n) is 4.82. The Balaban J connectivity index is 1.79. The van der Waals surface area contributed by atoms with Gasteiger partial charge in [-0.1, -0.05) is 38.5 Å². The molecule has 2 radical (unpaired) electrons. The molecule has 1 aliphatic rings. The number of rotatable bonds is 18. The van der Waals surface area contributed by atoms with Crippen LogP contribution < -0.4 is 10.6 Å². The topological polar surface area (TPSA) is 78.1 Å². The summed E-state index contributed by atoms with van der Waals surface area (Å²) in [5.41, 5.74) is 0. The molecule has 1 rings (SSSR count). The van der Waals surface area contributed by atoms with Crippen LogP contribution in [0.1, 0.15) is 70.6 Å². The van der Waals surface area contributed by atoms with E-state index in [-0.39, 0.29) is 17.9 Å². The highest BCUT2D eigenvalue weighted by Gasteiger charge is 2.34. The van der Waals surface area contributed by atoms with Crippen LogP contribution in [0.3, 0.4) is 0 Å². The van der Waals surface area contributed by atoms with Crippen molar-refractivity contribution in [2.75, 3.05) is 33.5 Å². The van der Waals surface area contributed by atoms with Crippen LogP contribution in [0, 0.1) is 12.8 Å². The zero-order chi connectivity index (χ0) is 19.6. The quantitative estimate of drug-likeness (QED) is 0.163. The maximum atomic E-state index is 11.7. The standard InChI is InChI=1S/C20H38N2O5/c1-3-22-17-26-24-15-10-8-6-4-5-7-9-11-16-25-27-19-14-12-13-18(19)20(23)21-2/h1,18-19,22H,3-17H2,2H3,(H,21,23). The number of hydrogen-bond acceptors (Lipinski definition) is 6. The van der Waals surface area contributed by atoms with Gasteiger partial charge in [0.15, 0.2) is 0 Å². The second-order valence-corrected chi connectivity index (χ2v) is 6.98. The first-order valence-corrected chi connectivity index (χ1v) is 10.4. The van der Waals surface area contributed by atoms with Gasteiger partial charge in [-0.2, -0.15) is 0 Å². The van der Waals surface area contributed by atoms with Gasteiger partial charge in [0.25, 0.3) is 0 Å².